The predicted molar refractivity (Wildman–Crippen MR) is 129 cm³/mol. The van der Waals surface area contributed by atoms with Crippen LogP contribution in [0.25, 0.3) is 0 Å². The second-order valence-electron chi connectivity index (χ2n) is 10.0. The number of phenols is 1. The minimum atomic E-state index is -1.47. The van der Waals surface area contributed by atoms with Gasteiger partial charge in [-0.2, -0.15) is 0 Å². The topological polar surface area (TPSA) is 177 Å². The number of phenolic OH excluding ortho intramolecular Hbond substituents is 1. The molecule has 200 valence electrons. The number of rotatable bonds is 9. The molecule has 2 unspecified atom stereocenters. The summed E-state index contributed by atoms with van der Waals surface area (Å²) in [5.74, 6) is -3.33. The Morgan fingerprint density at radius 2 is 1.69 bits per heavy atom. The summed E-state index contributed by atoms with van der Waals surface area (Å²) in [5.41, 5.74) is 3.62. The zero-order chi connectivity index (χ0) is 27.8. The highest BCUT2D eigenvalue weighted by Crippen LogP contribution is 2.31. The van der Waals surface area contributed by atoms with Gasteiger partial charge in [0.25, 0.3) is 0 Å². The third-order valence-corrected chi connectivity index (χ3v) is 4.68. The van der Waals surface area contributed by atoms with E-state index in [1.807, 2.05) is 0 Å². The van der Waals surface area contributed by atoms with Crippen molar-refractivity contribution < 1.29 is 38.6 Å². The maximum Gasteiger partial charge on any atom is 0.408 e. The van der Waals surface area contributed by atoms with Crippen molar-refractivity contribution in [1.82, 2.24) is 15.5 Å². The monoisotopic (exact) mass is 508 g/mol. The maximum absolute atomic E-state index is 13.8. The molecule has 0 fully saturated rings. The van der Waals surface area contributed by atoms with Crippen molar-refractivity contribution in [3.05, 3.63) is 29.8 Å². The molecule has 5 N–H and O–H groups in total. The molecule has 0 saturated carbocycles. The minimum absolute atomic E-state index is 0.167. The van der Waals surface area contributed by atoms with Gasteiger partial charge in [0.2, 0.25) is 17.7 Å². The van der Waals surface area contributed by atoms with Gasteiger partial charge in [0.05, 0.1) is 13.5 Å². The third-order valence-electron chi connectivity index (χ3n) is 4.68. The van der Waals surface area contributed by atoms with Gasteiger partial charge in [0.15, 0.2) is 0 Å². The van der Waals surface area contributed by atoms with Gasteiger partial charge in [-0.1, -0.05) is 12.1 Å². The Bertz CT molecular complexity index is 981. The van der Waals surface area contributed by atoms with Gasteiger partial charge in [-0.05, 0) is 59.2 Å². The number of alkyl carbamates (subject to hydrolysis) is 1. The van der Waals surface area contributed by atoms with E-state index in [9.17, 15) is 29.1 Å². The summed E-state index contributed by atoms with van der Waals surface area (Å²) in [6.45, 7) is 9.33. The molecular formula is C24H36N4O8. The van der Waals surface area contributed by atoms with Gasteiger partial charge in [-0.15, -0.1) is 0 Å². The molecule has 0 spiro atoms. The number of methoxy groups -OCH3 is 1. The quantitative estimate of drug-likeness (QED) is 0.358. The van der Waals surface area contributed by atoms with Gasteiger partial charge < -0.3 is 35.8 Å². The molecule has 2 atom stereocenters. The highest BCUT2D eigenvalue weighted by Gasteiger charge is 2.42. The molecular weight excluding hydrogens is 472 g/mol. The fraction of sp³-hybridized carbons (Fsp3) is 0.542. The molecule has 0 aromatic heterocycles. The number of carbonyl (C=O) groups excluding carboxylic acids is 5. The van der Waals surface area contributed by atoms with Gasteiger partial charge in [0.1, 0.15) is 30.0 Å². The lowest BCUT2D eigenvalue weighted by Crippen LogP contribution is -2.59. The number of benzene rings is 1. The van der Waals surface area contributed by atoms with E-state index < -0.39 is 66.0 Å². The van der Waals surface area contributed by atoms with Crippen molar-refractivity contribution in [2.45, 2.75) is 71.2 Å². The number of ether oxygens (including phenoxy) is 2. The summed E-state index contributed by atoms with van der Waals surface area (Å²) < 4.78 is 9.77. The van der Waals surface area contributed by atoms with Crippen LogP contribution in [-0.4, -0.2) is 70.6 Å². The van der Waals surface area contributed by atoms with Crippen LogP contribution in [0.15, 0.2) is 24.3 Å². The predicted octanol–water partition coefficient (Wildman–Crippen LogP) is 1.12. The number of nitrogens with two attached hydrogens (primary N) is 1. The van der Waals surface area contributed by atoms with E-state index in [0.29, 0.717) is 0 Å². The SMILES string of the molecule is COC(=O)CNC(=O)C(c1cccc(O)c1)N(C(=O)C(CC(N)=O)NC(=O)OC(C)(C)C)C(C)(C)C. The Morgan fingerprint density at radius 3 is 2.17 bits per heavy atom. The van der Waals surface area contributed by atoms with Gasteiger partial charge in [-0.25, -0.2) is 4.79 Å². The largest absolute Gasteiger partial charge is 0.508 e. The van der Waals surface area contributed by atoms with E-state index in [0.717, 1.165) is 12.0 Å². The zero-order valence-electron chi connectivity index (χ0n) is 21.7. The molecule has 36 heavy (non-hydrogen) atoms. The first-order valence-corrected chi connectivity index (χ1v) is 11.2. The summed E-state index contributed by atoms with van der Waals surface area (Å²) in [5, 5.41) is 14.8. The number of hydrogen-bond acceptors (Lipinski definition) is 8. The van der Waals surface area contributed by atoms with Gasteiger partial charge in [0, 0.05) is 5.54 Å². The van der Waals surface area contributed by atoms with Crippen molar-refractivity contribution >= 4 is 29.8 Å². The van der Waals surface area contributed by atoms with Crippen molar-refractivity contribution in [2.24, 2.45) is 5.73 Å². The fourth-order valence-corrected chi connectivity index (χ4v) is 3.30. The second kappa shape index (κ2) is 12.2. The van der Waals surface area contributed by atoms with Crippen molar-refractivity contribution in [3.8, 4) is 5.75 Å². The van der Waals surface area contributed by atoms with E-state index in [-0.39, 0.29) is 11.3 Å². The molecule has 0 saturated heterocycles. The lowest BCUT2D eigenvalue weighted by molar-refractivity contribution is -0.150. The van der Waals surface area contributed by atoms with E-state index in [2.05, 4.69) is 15.4 Å². The minimum Gasteiger partial charge on any atom is -0.508 e. The normalized spacial score (nSPS) is 13.1. The van der Waals surface area contributed by atoms with Crippen LogP contribution in [0, 0.1) is 0 Å². The van der Waals surface area contributed by atoms with E-state index in [4.69, 9.17) is 10.5 Å². The average Bonchev–Trinajstić information content (AvgIpc) is 2.71. The Kier molecular flexibility index (Phi) is 10.3. The lowest BCUT2D eigenvalue weighted by Gasteiger charge is -2.43. The molecule has 1 rings (SSSR count). The number of aromatic hydroxyl groups is 1. The number of amides is 4. The van der Waals surface area contributed by atoms with E-state index in [1.165, 1.54) is 24.3 Å². The number of hydrogen-bond donors (Lipinski definition) is 4. The number of nitrogens with zero attached hydrogens (tertiary/aromatic N) is 1. The number of esters is 1. The van der Waals surface area contributed by atoms with Crippen LogP contribution < -0.4 is 16.4 Å². The lowest BCUT2D eigenvalue weighted by atomic mass is 9.94. The molecule has 0 aliphatic rings. The number of carbonyl (C=O) groups is 5. The molecule has 12 heteroatoms. The van der Waals surface area contributed by atoms with Crippen molar-refractivity contribution in [3.63, 3.8) is 0 Å². The van der Waals surface area contributed by atoms with Gasteiger partial charge in [-0.3, -0.25) is 19.2 Å². The molecule has 1 aromatic carbocycles. The molecule has 0 aliphatic heterocycles. The van der Waals surface area contributed by atoms with E-state index in [1.54, 1.807) is 41.5 Å². The standard InChI is InChI=1S/C24H36N4O8/c1-23(2,3)28(21(33)16(12-17(25)30)27-22(34)36-24(4,5)6)19(14-9-8-10-15(29)11-14)20(32)26-13-18(31)35-7/h8-11,16,19,29H,12-13H2,1-7H3,(H2,25,30)(H,26,32)(H,27,34). The summed E-state index contributed by atoms with van der Waals surface area (Å²) in [4.78, 5) is 64.2. The summed E-state index contributed by atoms with van der Waals surface area (Å²) in [6.07, 6.45) is -1.53. The maximum atomic E-state index is 13.8. The molecule has 0 heterocycles. The first-order valence-electron chi connectivity index (χ1n) is 11.2. The first-order chi connectivity index (χ1) is 16.5. The molecule has 0 radical (unpaired) electrons. The Morgan fingerprint density at radius 1 is 1.08 bits per heavy atom. The molecule has 0 bridgehead atoms. The third kappa shape index (κ3) is 9.43. The van der Waals surface area contributed by atoms with Crippen LogP contribution in [0.5, 0.6) is 5.75 Å². The smallest absolute Gasteiger partial charge is 0.408 e. The second-order valence-corrected chi connectivity index (χ2v) is 10.0. The molecule has 4 amide bonds. The summed E-state index contributed by atoms with van der Waals surface area (Å²) >= 11 is 0. The van der Waals surface area contributed by atoms with E-state index >= 15 is 0 Å². The summed E-state index contributed by atoms with van der Waals surface area (Å²) in [6, 6.07) is 2.83. The van der Waals surface area contributed by atoms with Crippen LogP contribution in [0.3, 0.4) is 0 Å². The number of primary amides is 1. The van der Waals surface area contributed by atoms with Crippen molar-refractivity contribution in [1.29, 1.82) is 0 Å². The average molecular weight is 509 g/mol. The summed E-state index contributed by atoms with van der Waals surface area (Å²) in [7, 11) is 1.16. The van der Waals surface area contributed by atoms with Crippen LogP contribution in [0.4, 0.5) is 4.79 Å². The molecule has 12 nitrogen and oxygen atoms in total. The Balaban J connectivity index is 3.56. The van der Waals surface area contributed by atoms with Crippen LogP contribution in [0.2, 0.25) is 0 Å². The molecule has 1 aromatic rings. The number of nitrogens with one attached hydrogen (secondary N) is 2. The highest BCUT2D eigenvalue weighted by molar-refractivity contribution is 5.95. The van der Waals surface area contributed by atoms with Crippen LogP contribution in [-0.2, 0) is 28.7 Å². The van der Waals surface area contributed by atoms with Crippen LogP contribution in [0.1, 0.15) is 59.6 Å². The van der Waals surface area contributed by atoms with Gasteiger partial charge >= 0.3 is 12.1 Å². The molecule has 0 aliphatic carbocycles. The Labute approximate surface area is 210 Å². The fourth-order valence-electron chi connectivity index (χ4n) is 3.30. The highest BCUT2D eigenvalue weighted by atomic mass is 16.6. The Hall–Kier alpha value is -3.83. The van der Waals surface area contributed by atoms with Crippen LogP contribution >= 0.6 is 0 Å². The van der Waals surface area contributed by atoms with Crippen molar-refractivity contribution in [2.75, 3.05) is 13.7 Å². The zero-order valence-corrected chi connectivity index (χ0v) is 21.7. The first kappa shape index (κ1) is 30.2.